The van der Waals surface area contributed by atoms with Crippen molar-refractivity contribution in [3.8, 4) is 11.5 Å². The van der Waals surface area contributed by atoms with Gasteiger partial charge in [-0.2, -0.15) is 0 Å². The number of rotatable bonds is 8. The van der Waals surface area contributed by atoms with E-state index >= 15 is 0 Å². The highest BCUT2D eigenvalue weighted by atomic mass is 16.8. The molecule has 0 N–H and O–H groups in total. The minimum absolute atomic E-state index is 0.131. The average Bonchev–Trinajstić information content (AvgIpc) is 3.29. The molecule has 0 aliphatic carbocycles. The normalized spacial score (nSPS) is 24.7. The molecule has 5 rings (SSSR count). The molecule has 0 radical (unpaired) electrons. The minimum atomic E-state index is -1.10. The van der Waals surface area contributed by atoms with Crippen LogP contribution in [0.5, 0.6) is 11.5 Å². The van der Waals surface area contributed by atoms with E-state index in [4.69, 9.17) is 33.2 Å². The van der Waals surface area contributed by atoms with Crippen molar-refractivity contribution in [2.45, 2.75) is 64.2 Å². The number of benzene rings is 3. The predicted octanol–water partition coefficient (Wildman–Crippen LogP) is 5.02. The van der Waals surface area contributed by atoms with Gasteiger partial charge < -0.3 is 33.2 Å². The van der Waals surface area contributed by atoms with Crippen molar-refractivity contribution < 1.29 is 42.7 Å². The summed E-state index contributed by atoms with van der Waals surface area (Å²) < 4.78 is 41.8. The highest BCUT2D eigenvalue weighted by Gasteiger charge is 2.58. The first-order valence-corrected chi connectivity index (χ1v) is 13.4. The molecule has 3 aromatic rings. The van der Waals surface area contributed by atoms with Crippen LogP contribution in [0.4, 0.5) is 0 Å². The summed E-state index contributed by atoms with van der Waals surface area (Å²) in [6, 6.07) is 21.1. The summed E-state index contributed by atoms with van der Waals surface area (Å²) in [6.07, 6.45) is -4.34. The van der Waals surface area contributed by atoms with Crippen LogP contribution in [-0.2, 0) is 23.7 Å². The Morgan fingerprint density at radius 3 is 1.88 bits per heavy atom. The number of carbonyl (C=O) groups is 2. The van der Waals surface area contributed by atoms with Gasteiger partial charge in [-0.05, 0) is 76.2 Å². The molecule has 0 spiro atoms. The number of aryl methyl sites for hydroxylation is 2. The van der Waals surface area contributed by atoms with Gasteiger partial charge in [0.2, 0.25) is 6.29 Å². The SMILES string of the molecule is COc1ccc(OC2OC(COC(=O)c3ccc(C)cc3)C3OC(C)(C)OC3C2OC(=O)c2ccc(C)cc2)cc1. The maximum atomic E-state index is 13.2. The third kappa shape index (κ3) is 6.70. The molecule has 5 atom stereocenters. The zero-order valence-electron chi connectivity index (χ0n) is 23.7. The molecule has 2 heterocycles. The Morgan fingerprint density at radius 2 is 1.29 bits per heavy atom. The van der Waals surface area contributed by atoms with Crippen LogP contribution in [0.1, 0.15) is 45.7 Å². The molecule has 2 aliphatic rings. The van der Waals surface area contributed by atoms with Gasteiger partial charge in [0.25, 0.3) is 0 Å². The van der Waals surface area contributed by atoms with E-state index in [9.17, 15) is 9.59 Å². The van der Waals surface area contributed by atoms with Gasteiger partial charge in [0, 0.05) is 0 Å². The van der Waals surface area contributed by atoms with E-state index in [0.29, 0.717) is 22.6 Å². The highest BCUT2D eigenvalue weighted by molar-refractivity contribution is 5.90. The fourth-order valence-corrected chi connectivity index (χ4v) is 4.79. The number of fused-ring (bicyclic) bond motifs is 1. The number of hydrogen-bond acceptors (Lipinski definition) is 9. The molecule has 0 bridgehead atoms. The second-order valence-electron chi connectivity index (χ2n) is 10.6. The average molecular weight is 563 g/mol. The maximum Gasteiger partial charge on any atom is 0.338 e. The number of methoxy groups -OCH3 is 1. The van der Waals surface area contributed by atoms with Crippen LogP contribution < -0.4 is 9.47 Å². The maximum absolute atomic E-state index is 13.2. The first kappa shape index (κ1) is 28.6. The lowest BCUT2D eigenvalue weighted by molar-refractivity contribution is -0.253. The first-order valence-electron chi connectivity index (χ1n) is 13.4. The Bertz CT molecular complexity index is 1350. The quantitative estimate of drug-likeness (QED) is 0.351. The molecule has 0 aromatic heterocycles. The molecule has 2 fully saturated rings. The molecule has 216 valence electrons. The van der Waals surface area contributed by atoms with Gasteiger partial charge in [0.05, 0.1) is 18.2 Å². The molecule has 0 saturated carbocycles. The van der Waals surface area contributed by atoms with Crippen LogP contribution in [0.15, 0.2) is 72.8 Å². The Labute approximate surface area is 239 Å². The van der Waals surface area contributed by atoms with E-state index < -0.39 is 48.4 Å². The Morgan fingerprint density at radius 1 is 0.756 bits per heavy atom. The van der Waals surface area contributed by atoms with Crippen molar-refractivity contribution in [1.29, 1.82) is 0 Å². The molecule has 41 heavy (non-hydrogen) atoms. The van der Waals surface area contributed by atoms with Crippen LogP contribution in [0.2, 0.25) is 0 Å². The fourth-order valence-electron chi connectivity index (χ4n) is 4.79. The summed E-state index contributed by atoms with van der Waals surface area (Å²) in [5.74, 6) is -0.956. The third-order valence-corrected chi connectivity index (χ3v) is 6.94. The Kier molecular flexibility index (Phi) is 8.30. The van der Waals surface area contributed by atoms with Crippen molar-refractivity contribution in [2.24, 2.45) is 0 Å². The Hall–Kier alpha value is -3.92. The van der Waals surface area contributed by atoms with Crippen LogP contribution in [0, 0.1) is 13.8 Å². The lowest BCUT2D eigenvalue weighted by atomic mass is 9.99. The van der Waals surface area contributed by atoms with E-state index in [2.05, 4.69) is 0 Å². The lowest BCUT2D eigenvalue weighted by Crippen LogP contribution is -2.60. The van der Waals surface area contributed by atoms with Gasteiger partial charge in [0.15, 0.2) is 11.9 Å². The Balaban J connectivity index is 1.40. The van der Waals surface area contributed by atoms with Crippen LogP contribution in [0.3, 0.4) is 0 Å². The van der Waals surface area contributed by atoms with E-state index in [0.717, 1.165) is 11.1 Å². The van der Waals surface area contributed by atoms with E-state index in [1.807, 2.05) is 38.1 Å². The van der Waals surface area contributed by atoms with Crippen molar-refractivity contribution in [1.82, 2.24) is 0 Å². The molecule has 0 amide bonds. The van der Waals surface area contributed by atoms with Crippen molar-refractivity contribution in [3.63, 3.8) is 0 Å². The zero-order chi connectivity index (χ0) is 29.1. The molecular weight excluding hydrogens is 528 g/mol. The third-order valence-electron chi connectivity index (χ3n) is 6.94. The topological polar surface area (TPSA) is 98.8 Å². The van der Waals surface area contributed by atoms with Crippen molar-refractivity contribution >= 4 is 11.9 Å². The number of hydrogen-bond donors (Lipinski definition) is 0. The first-order chi connectivity index (χ1) is 19.6. The monoisotopic (exact) mass is 562 g/mol. The van der Waals surface area contributed by atoms with Crippen molar-refractivity contribution in [3.05, 3.63) is 95.1 Å². The van der Waals surface area contributed by atoms with Gasteiger partial charge in [-0.1, -0.05) is 35.4 Å². The summed E-state index contributed by atoms with van der Waals surface area (Å²) in [5, 5.41) is 0. The van der Waals surface area contributed by atoms with Crippen LogP contribution in [-0.4, -0.2) is 62.1 Å². The van der Waals surface area contributed by atoms with Crippen LogP contribution >= 0.6 is 0 Å². The van der Waals surface area contributed by atoms with E-state index in [-0.39, 0.29) is 6.61 Å². The van der Waals surface area contributed by atoms with Gasteiger partial charge in [-0.25, -0.2) is 9.59 Å². The standard InChI is InChI=1S/C32H34O9/c1-19-6-10-21(11-7-19)29(33)36-18-25-26-27(41-32(3,4)40-26)28(39-30(34)22-12-8-20(2)9-13-22)31(38-25)37-24-16-14-23(35-5)15-17-24/h6-17,25-28,31H,18H2,1-5H3. The lowest BCUT2D eigenvalue weighted by Gasteiger charge is -2.41. The smallest absolute Gasteiger partial charge is 0.338 e. The van der Waals surface area contributed by atoms with E-state index in [1.165, 1.54) is 0 Å². The van der Waals surface area contributed by atoms with Crippen LogP contribution in [0.25, 0.3) is 0 Å². The molecule has 5 unspecified atom stereocenters. The van der Waals surface area contributed by atoms with Gasteiger partial charge in [-0.3, -0.25) is 0 Å². The second-order valence-corrected chi connectivity index (χ2v) is 10.6. The van der Waals surface area contributed by atoms with Gasteiger partial charge in [0.1, 0.15) is 36.4 Å². The number of esters is 2. The predicted molar refractivity (Wildman–Crippen MR) is 148 cm³/mol. The summed E-state index contributed by atoms with van der Waals surface area (Å²) in [4.78, 5) is 26.0. The zero-order valence-corrected chi connectivity index (χ0v) is 23.7. The molecule has 2 saturated heterocycles. The molecule has 9 nitrogen and oxygen atoms in total. The summed E-state index contributed by atoms with van der Waals surface area (Å²) in [7, 11) is 1.57. The highest BCUT2D eigenvalue weighted by Crippen LogP contribution is 2.40. The number of carbonyl (C=O) groups excluding carboxylic acids is 2. The fraction of sp³-hybridized carbons (Fsp3) is 0.375. The summed E-state index contributed by atoms with van der Waals surface area (Å²) >= 11 is 0. The van der Waals surface area contributed by atoms with E-state index in [1.54, 1.807) is 69.5 Å². The van der Waals surface area contributed by atoms with Gasteiger partial charge >= 0.3 is 11.9 Å². The largest absolute Gasteiger partial charge is 0.497 e. The van der Waals surface area contributed by atoms with Gasteiger partial charge in [-0.15, -0.1) is 0 Å². The summed E-state index contributed by atoms with van der Waals surface area (Å²) in [6.45, 7) is 7.27. The van der Waals surface area contributed by atoms with Crippen molar-refractivity contribution in [2.75, 3.05) is 13.7 Å². The number of ether oxygens (including phenoxy) is 7. The summed E-state index contributed by atoms with van der Waals surface area (Å²) in [5.41, 5.74) is 2.84. The molecule has 3 aromatic carbocycles. The molecular formula is C32H34O9. The molecule has 2 aliphatic heterocycles. The second kappa shape index (κ2) is 11.9. The minimum Gasteiger partial charge on any atom is -0.497 e. The molecule has 9 heteroatoms.